The summed E-state index contributed by atoms with van der Waals surface area (Å²) in [7, 11) is 0. The molecule has 1 unspecified atom stereocenters. The van der Waals surface area contributed by atoms with Gasteiger partial charge in [0.1, 0.15) is 5.78 Å². The molecule has 42 heavy (non-hydrogen) atoms. The fourth-order valence-corrected chi connectivity index (χ4v) is 4.53. The quantitative estimate of drug-likeness (QED) is 0.246. The molecular weight excluding hydrogens is 534 g/mol. The van der Waals surface area contributed by atoms with Crippen molar-refractivity contribution in [3.05, 3.63) is 71.8 Å². The van der Waals surface area contributed by atoms with Crippen LogP contribution >= 0.6 is 0 Å². The van der Waals surface area contributed by atoms with Crippen LogP contribution in [-0.2, 0) is 41.6 Å². The number of nitrogens with two attached hydrogens (primary N) is 1. The minimum absolute atomic E-state index is 0.00924. The van der Waals surface area contributed by atoms with Gasteiger partial charge in [-0.3, -0.25) is 28.8 Å². The predicted octanol–water partition coefficient (Wildman–Crippen LogP) is 3.12. The summed E-state index contributed by atoms with van der Waals surface area (Å²) in [6.45, 7) is 8.31. The van der Waals surface area contributed by atoms with Gasteiger partial charge in [0.2, 0.25) is 17.6 Å². The third kappa shape index (κ3) is 11.0. The minimum Gasteiger partial charge on any atom is -0.369 e. The Morgan fingerprint density at radius 2 is 1.29 bits per heavy atom. The van der Waals surface area contributed by atoms with Gasteiger partial charge < -0.3 is 16.4 Å². The molecule has 2 rings (SSSR count). The third-order valence-electron chi connectivity index (χ3n) is 7.04. The number of ketones is 3. The van der Waals surface area contributed by atoms with Crippen LogP contribution in [0.2, 0.25) is 0 Å². The number of primary amides is 1. The van der Waals surface area contributed by atoms with Crippen molar-refractivity contribution >= 4 is 35.1 Å². The van der Waals surface area contributed by atoms with Gasteiger partial charge >= 0.3 is 0 Å². The molecule has 226 valence electrons. The van der Waals surface area contributed by atoms with Crippen LogP contribution in [0, 0.1) is 17.3 Å². The van der Waals surface area contributed by atoms with Crippen LogP contribution < -0.4 is 16.4 Å². The van der Waals surface area contributed by atoms with Gasteiger partial charge in [-0.15, -0.1) is 0 Å². The van der Waals surface area contributed by atoms with Crippen LogP contribution in [0.4, 0.5) is 0 Å². The van der Waals surface area contributed by atoms with E-state index >= 15 is 0 Å². The van der Waals surface area contributed by atoms with Gasteiger partial charge in [0.05, 0.1) is 17.5 Å². The van der Waals surface area contributed by atoms with E-state index in [9.17, 15) is 28.8 Å². The van der Waals surface area contributed by atoms with Gasteiger partial charge in [-0.25, -0.2) is 0 Å². The predicted molar refractivity (Wildman–Crippen MR) is 160 cm³/mol. The highest BCUT2D eigenvalue weighted by Crippen LogP contribution is 2.22. The summed E-state index contributed by atoms with van der Waals surface area (Å²) in [5, 5.41) is 5.11. The Kier molecular flexibility index (Phi) is 12.8. The number of amides is 3. The lowest BCUT2D eigenvalue weighted by atomic mass is 9.84. The topological polar surface area (TPSA) is 152 Å². The third-order valence-corrected chi connectivity index (χ3v) is 7.04. The first-order chi connectivity index (χ1) is 19.7. The fraction of sp³-hybridized carbons (Fsp3) is 0.455. The fourth-order valence-electron chi connectivity index (χ4n) is 4.53. The van der Waals surface area contributed by atoms with E-state index in [1.807, 2.05) is 50.2 Å². The van der Waals surface area contributed by atoms with Crippen molar-refractivity contribution in [3.8, 4) is 0 Å². The molecule has 0 saturated carbocycles. The first-order valence-electron chi connectivity index (χ1n) is 14.3. The lowest BCUT2D eigenvalue weighted by Gasteiger charge is -2.24. The Bertz CT molecular complexity index is 1260. The summed E-state index contributed by atoms with van der Waals surface area (Å²) in [6, 6.07) is 15.9. The molecule has 0 radical (unpaired) electrons. The average molecular weight is 578 g/mol. The molecule has 2 aromatic carbocycles. The van der Waals surface area contributed by atoms with Crippen molar-refractivity contribution in [2.45, 2.75) is 78.8 Å². The van der Waals surface area contributed by atoms with Crippen LogP contribution in [0.1, 0.15) is 65.0 Å². The average Bonchev–Trinajstić information content (AvgIpc) is 2.92. The van der Waals surface area contributed by atoms with E-state index in [-0.39, 0.29) is 31.0 Å². The van der Waals surface area contributed by atoms with E-state index in [0.29, 0.717) is 12.8 Å². The van der Waals surface area contributed by atoms with E-state index in [0.717, 1.165) is 11.1 Å². The zero-order valence-corrected chi connectivity index (χ0v) is 25.1. The van der Waals surface area contributed by atoms with Crippen LogP contribution in [0.25, 0.3) is 0 Å². The molecule has 0 aliphatic heterocycles. The Morgan fingerprint density at radius 3 is 1.79 bits per heavy atom. The Balaban J connectivity index is 2.15. The van der Waals surface area contributed by atoms with Gasteiger partial charge in [-0.1, -0.05) is 88.4 Å². The molecule has 3 amide bonds. The molecule has 0 heterocycles. The summed E-state index contributed by atoms with van der Waals surface area (Å²) in [5.74, 6) is -4.23. The zero-order chi connectivity index (χ0) is 31.4. The molecule has 9 nitrogen and oxygen atoms in total. The van der Waals surface area contributed by atoms with Crippen LogP contribution in [0.3, 0.4) is 0 Å². The molecule has 0 spiro atoms. The molecule has 0 aliphatic carbocycles. The molecule has 0 bridgehead atoms. The second kappa shape index (κ2) is 15.7. The Morgan fingerprint density at radius 1 is 0.762 bits per heavy atom. The van der Waals surface area contributed by atoms with Gasteiger partial charge in [0.15, 0.2) is 5.78 Å². The first kappa shape index (κ1) is 34.1. The van der Waals surface area contributed by atoms with Crippen LogP contribution in [0.5, 0.6) is 0 Å². The summed E-state index contributed by atoms with van der Waals surface area (Å²) >= 11 is 0. The van der Waals surface area contributed by atoms with Crippen LogP contribution in [0.15, 0.2) is 60.7 Å². The molecular formula is C33H43N3O6. The maximum Gasteiger partial charge on any atom is 0.290 e. The van der Waals surface area contributed by atoms with Crippen molar-refractivity contribution in [1.82, 2.24) is 10.6 Å². The highest BCUT2D eigenvalue weighted by Gasteiger charge is 2.34. The Hall–Kier alpha value is -4.14. The molecule has 3 atom stereocenters. The maximum absolute atomic E-state index is 13.3. The number of hydrogen-bond acceptors (Lipinski definition) is 6. The van der Waals surface area contributed by atoms with Gasteiger partial charge in [0.25, 0.3) is 5.91 Å². The van der Waals surface area contributed by atoms with Gasteiger partial charge in [-0.05, 0) is 36.8 Å². The molecule has 0 aliphatic rings. The zero-order valence-electron chi connectivity index (χ0n) is 25.1. The van der Waals surface area contributed by atoms with Crippen molar-refractivity contribution in [1.29, 1.82) is 0 Å². The summed E-state index contributed by atoms with van der Waals surface area (Å²) in [4.78, 5) is 76.9. The van der Waals surface area contributed by atoms with Crippen molar-refractivity contribution < 1.29 is 28.8 Å². The number of carbonyl (C=O) groups is 6. The van der Waals surface area contributed by atoms with Crippen molar-refractivity contribution in [2.24, 2.45) is 23.0 Å². The van der Waals surface area contributed by atoms with Crippen molar-refractivity contribution in [2.75, 3.05) is 0 Å². The van der Waals surface area contributed by atoms with E-state index in [4.69, 9.17) is 5.73 Å². The molecule has 0 fully saturated rings. The summed E-state index contributed by atoms with van der Waals surface area (Å²) in [6.07, 6.45) is 0.513. The van der Waals surface area contributed by atoms with E-state index < -0.39 is 52.7 Å². The lowest BCUT2D eigenvalue weighted by molar-refractivity contribution is -0.142. The number of hydrogen-bond donors (Lipinski definition) is 3. The molecule has 9 heteroatoms. The summed E-state index contributed by atoms with van der Waals surface area (Å²) in [5.41, 5.74) is 5.90. The minimum atomic E-state index is -1.20. The number of carbonyl (C=O) groups excluding carboxylic acids is 6. The SMILES string of the molecule is CC(C)CC(=O)C[C@@H](Cc1ccccc1)C(=O)NC(C)C(=O)C(=O)N[C@@H](Cc1ccccc1)C(=O)CC(C)(C)C(N)=O. The maximum atomic E-state index is 13.3. The second-order valence-corrected chi connectivity index (χ2v) is 11.9. The van der Waals surface area contributed by atoms with E-state index in [1.54, 1.807) is 24.3 Å². The monoisotopic (exact) mass is 577 g/mol. The number of nitrogens with one attached hydrogen (secondary N) is 2. The molecule has 0 aromatic heterocycles. The summed E-state index contributed by atoms with van der Waals surface area (Å²) < 4.78 is 0. The van der Waals surface area contributed by atoms with E-state index in [2.05, 4.69) is 10.6 Å². The number of benzene rings is 2. The van der Waals surface area contributed by atoms with E-state index in [1.165, 1.54) is 20.8 Å². The van der Waals surface area contributed by atoms with Crippen molar-refractivity contribution in [3.63, 3.8) is 0 Å². The smallest absolute Gasteiger partial charge is 0.290 e. The number of Topliss-reactive ketones (excluding diaryl/α,β-unsaturated/α-hetero) is 3. The van der Waals surface area contributed by atoms with Gasteiger partial charge in [-0.2, -0.15) is 0 Å². The normalized spacial score (nSPS) is 13.5. The first-order valence-corrected chi connectivity index (χ1v) is 14.3. The Labute approximate surface area is 248 Å². The standard InChI is InChI=1S/C33H43N3O6/c1-21(2)16-26(37)19-25(17-23-12-8-6-9-13-23)30(40)35-22(3)29(39)31(41)36-27(18-24-14-10-7-11-15-24)28(38)20-33(4,5)32(34)42/h6-15,21-22,25,27H,16-20H2,1-5H3,(H2,34,42)(H,35,40)(H,36,41)/t22?,25-,27+/m1/s1. The highest BCUT2D eigenvalue weighted by atomic mass is 16.2. The van der Waals surface area contributed by atoms with Gasteiger partial charge in [0, 0.05) is 25.2 Å². The highest BCUT2D eigenvalue weighted by molar-refractivity contribution is 6.38. The second-order valence-electron chi connectivity index (χ2n) is 11.9. The largest absolute Gasteiger partial charge is 0.369 e. The molecule has 2 aromatic rings. The lowest BCUT2D eigenvalue weighted by Crippen LogP contribution is -2.52. The molecule has 0 saturated heterocycles. The number of rotatable bonds is 17. The molecule has 4 N–H and O–H groups in total. The van der Waals surface area contributed by atoms with Crippen LogP contribution in [-0.4, -0.2) is 47.2 Å².